The van der Waals surface area contributed by atoms with Crippen molar-refractivity contribution >= 4 is 6.41 Å². The summed E-state index contributed by atoms with van der Waals surface area (Å²) in [6, 6.07) is 0. The zero-order chi connectivity index (χ0) is 4.83. The van der Waals surface area contributed by atoms with Gasteiger partial charge in [-0.2, -0.15) is 12.8 Å². The van der Waals surface area contributed by atoms with Crippen molar-refractivity contribution in [3.63, 3.8) is 0 Å². The molecule has 0 aliphatic heterocycles. The first-order chi connectivity index (χ1) is 2.91. The average molecular weight is 637 g/mol. The van der Waals surface area contributed by atoms with E-state index in [9.17, 15) is 4.79 Å². The molecule has 9 heavy (non-hydrogen) atoms. The number of carbonyl (C=O) groups excluding carboxylic acids is 1. The van der Waals surface area contributed by atoms with Crippen LogP contribution in [0.1, 0.15) is 6.42 Å². The molecule has 0 saturated heterocycles. The first kappa shape index (κ1) is 22.4. The fourth-order valence-electron chi connectivity index (χ4n) is 0.139. The van der Waals surface area contributed by atoms with Crippen LogP contribution in [0.25, 0.3) is 0 Å². The summed E-state index contributed by atoms with van der Waals surface area (Å²) in [6.45, 7) is 4.11. The fourth-order valence-corrected chi connectivity index (χ4v) is 0.139. The third-order valence-electron chi connectivity index (χ3n) is 0.374. The van der Waals surface area contributed by atoms with Crippen LogP contribution in [0.3, 0.4) is 0 Å². The van der Waals surface area contributed by atoms with Crippen LogP contribution >= 0.6 is 0 Å². The SMILES string of the molecule is [CH2-]CCN[C-]=O.[W].[W].[W]. The van der Waals surface area contributed by atoms with Gasteiger partial charge in [0.05, 0.1) is 0 Å². The summed E-state index contributed by atoms with van der Waals surface area (Å²) in [5.41, 5.74) is 0. The van der Waals surface area contributed by atoms with Gasteiger partial charge >= 0.3 is 0 Å². The van der Waals surface area contributed by atoms with E-state index in [1.54, 1.807) is 0 Å². The predicted molar refractivity (Wildman–Crippen MR) is 23.7 cm³/mol. The maximum Gasteiger partial charge on any atom is 0 e. The number of nitrogens with one attached hydrogen (secondary N) is 1. The van der Waals surface area contributed by atoms with Gasteiger partial charge in [0.15, 0.2) is 0 Å². The van der Waals surface area contributed by atoms with Gasteiger partial charge in [-0.25, -0.2) is 0 Å². The first-order valence-corrected chi connectivity index (χ1v) is 1.81. The molecule has 0 aromatic heterocycles. The van der Waals surface area contributed by atoms with Crippen LogP contribution in [0.5, 0.6) is 0 Å². The molecule has 0 radical (unpaired) electrons. The number of amides is 1. The van der Waals surface area contributed by atoms with Gasteiger partial charge in [0.2, 0.25) is 0 Å². The zero-order valence-corrected chi connectivity index (χ0v) is 13.6. The summed E-state index contributed by atoms with van der Waals surface area (Å²) in [6.07, 6.45) is 2.26. The molecule has 0 unspecified atom stereocenters. The van der Waals surface area contributed by atoms with Crippen molar-refractivity contribution in [2.45, 2.75) is 6.42 Å². The molecule has 0 heterocycles. The van der Waals surface area contributed by atoms with Crippen molar-refractivity contribution in [1.82, 2.24) is 5.32 Å². The van der Waals surface area contributed by atoms with Crippen LogP contribution in [-0.4, -0.2) is 13.0 Å². The molecule has 1 amide bonds. The Labute approximate surface area is 98.7 Å². The average Bonchev–Trinajstić information content (AvgIpc) is 1.61. The summed E-state index contributed by atoms with van der Waals surface area (Å²) in [4.78, 5) is 9.30. The Morgan fingerprint density at radius 2 is 1.78 bits per heavy atom. The Balaban J connectivity index is -0.0000000417. The molecule has 0 aliphatic rings. The van der Waals surface area contributed by atoms with Gasteiger partial charge < -0.3 is 17.0 Å². The van der Waals surface area contributed by atoms with Gasteiger partial charge in [0.25, 0.3) is 0 Å². The van der Waals surface area contributed by atoms with E-state index < -0.39 is 0 Å². The van der Waals surface area contributed by atoms with Crippen LogP contribution in [0, 0.1) is 6.92 Å². The van der Waals surface area contributed by atoms with Gasteiger partial charge in [-0.05, 0) is 6.54 Å². The molecule has 0 aromatic rings. The summed E-state index contributed by atoms with van der Waals surface area (Å²) in [5, 5.41) is 2.33. The van der Waals surface area contributed by atoms with Gasteiger partial charge in [-0.3, -0.25) is 0 Å². The van der Waals surface area contributed by atoms with E-state index in [4.69, 9.17) is 0 Å². The van der Waals surface area contributed by atoms with E-state index in [-0.39, 0.29) is 63.2 Å². The van der Waals surface area contributed by atoms with Crippen molar-refractivity contribution in [3.8, 4) is 0 Å². The Bertz CT molecular complexity index is 44.8. The van der Waals surface area contributed by atoms with Crippen molar-refractivity contribution in [1.29, 1.82) is 0 Å². The quantitative estimate of drug-likeness (QED) is 0.261. The topological polar surface area (TPSA) is 29.1 Å². The summed E-state index contributed by atoms with van der Waals surface area (Å²) in [7, 11) is 0. The third-order valence-corrected chi connectivity index (χ3v) is 0.374. The largest absolute Gasteiger partial charge is 0.532 e. The van der Waals surface area contributed by atoms with Crippen LogP contribution in [-0.2, 0) is 68.0 Å². The molecule has 0 aliphatic carbocycles. The van der Waals surface area contributed by atoms with Crippen molar-refractivity contribution < 1.29 is 68.0 Å². The Morgan fingerprint density at radius 1 is 1.33 bits per heavy atom. The molecule has 0 spiro atoms. The van der Waals surface area contributed by atoms with E-state index in [1.807, 2.05) is 0 Å². The van der Waals surface area contributed by atoms with E-state index >= 15 is 0 Å². The number of hydrogen-bond donors (Lipinski definition) is 1. The Hall–Kier alpha value is 1.53. The van der Waals surface area contributed by atoms with Gasteiger partial charge in [-0.15, -0.1) is 0 Å². The minimum Gasteiger partial charge on any atom is -0.532 e. The van der Waals surface area contributed by atoms with Crippen LogP contribution in [0.4, 0.5) is 0 Å². The van der Waals surface area contributed by atoms with Crippen LogP contribution < -0.4 is 5.32 Å². The summed E-state index contributed by atoms with van der Waals surface area (Å²) in [5.74, 6) is 0. The minimum absolute atomic E-state index is 0. The van der Waals surface area contributed by atoms with Crippen LogP contribution in [0.15, 0.2) is 0 Å². The van der Waals surface area contributed by atoms with Gasteiger partial charge in [-0.1, -0.05) is 0 Å². The van der Waals surface area contributed by atoms with E-state index in [0.29, 0.717) is 6.54 Å². The number of rotatable bonds is 3. The molecular weight excluding hydrogens is 630 g/mol. The molecule has 5 heteroatoms. The second-order valence-corrected chi connectivity index (χ2v) is 0.882. The fraction of sp³-hybridized carbons (Fsp3) is 0.500. The standard InChI is InChI=1S/C4H7NO.3W/c1-2-3-5-4-6;;;/h1-3H2,(H,5,6);;;/q-2;;;. The molecule has 0 atom stereocenters. The monoisotopic (exact) mass is 637 g/mol. The molecule has 0 aromatic carbocycles. The Morgan fingerprint density at radius 3 is 1.89 bits per heavy atom. The molecule has 0 bridgehead atoms. The van der Waals surface area contributed by atoms with E-state index in [0.717, 1.165) is 6.42 Å². The third kappa shape index (κ3) is 26.3. The zero-order valence-electron chi connectivity index (χ0n) is 4.75. The molecule has 2 nitrogen and oxygen atoms in total. The summed E-state index contributed by atoms with van der Waals surface area (Å²) >= 11 is 0. The maximum absolute atomic E-state index is 9.30. The smallest absolute Gasteiger partial charge is 0 e. The van der Waals surface area contributed by atoms with E-state index in [2.05, 4.69) is 12.2 Å². The second-order valence-electron chi connectivity index (χ2n) is 0.882. The normalized spacial score (nSPS) is 5.00. The number of hydrogen-bond acceptors (Lipinski definition) is 1. The Kier molecular flexibility index (Phi) is 56.5. The molecule has 0 rings (SSSR count). The van der Waals surface area contributed by atoms with Crippen LogP contribution in [0.2, 0.25) is 0 Å². The molecule has 54 valence electrons. The van der Waals surface area contributed by atoms with Crippen molar-refractivity contribution in [3.05, 3.63) is 6.92 Å². The van der Waals surface area contributed by atoms with E-state index in [1.165, 1.54) is 6.41 Å². The van der Waals surface area contributed by atoms with Gasteiger partial charge in [0.1, 0.15) is 0 Å². The van der Waals surface area contributed by atoms with Gasteiger partial charge in [0, 0.05) is 63.2 Å². The molecule has 0 saturated carbocycles. The van der Waals surface area contributed by atoms with Crippen molar-refractivity contribution in [2.75, 3.05) is 6.54 Å². The maximum atomic E-state index is 9.30. The van der Waals surface area contributed by atoms with Crippen molar-refractivity contribution in [2.24, 2.45) is 0 Å². The molecule has 0 fully saturated rings. The minimum atomic E-state index is 0. The molecule has 1 N–H and O–H groups in total. The second kappa shape index (κ2) is 22.7. The summed E-state index contributed by atoms with van der Waals surface area (Å²) < 4.78 is 0. The first-order valence-electron chi connectivity index (χ1n) is 1.81. The predicted octanol–water partition coefficient (Wildman–Crippen LogP) is -0.140. The molecular formula is C4H7NOW3-2.